The van der Waals surface area contributed by atoms with E-state index in [1.807, 2.05) is 0 Å². The van der Waals surface area contributed by atoms with Gasteiger partial charge < -0.3 is 10.6 Å². The number of amides is 2. The molecule has 0 radical (unpaired) electrons. The summed E-state index contributed by atoms with van der Waals surface area (Å²) in [5.41, 5.74) is 1.13. The third kappa shape index (κ3) is 5.72. The Bertz CT molecular complexity index is 1110. The Kier molecular flexibility index (Phi) is 7.63. The van der Waals surface area contributed by atoms with Crippen LogP contribution in [0.2, 0.25) is 0 Å². The highest BCUT2D eigenvalue weighted by atomic mass is 32.2. The van der Waals surface area contributed by atoms with E-state index in [1.54, 1.807) is 32.0 Å². The van der Waals surface area contributed by atoms with Crippen molar-refractivity contribution in [3.63, 3.8) is 0 Å². The predicted octanol–water partition coefficient (Wildman–Crippen LogP) is 3.75. The minimum Gasteiger partial charge on any atom is -0.349 e. The highest BCUT2D eigenvalue weighted by Crippen LogP contribution is 2.22. The van der Waals surface area contributed by atoms with Crippen LogP contribution in [0, 0.1) is 12.7 Å². The summed E-state index contributed by atoms with van der Waals surface area (Å²) in [5.74, 6) is -1.78. The zero-order valence-electron chi connectivity index (χ0n) is 18.2. The molecule has 1 saturated carbocycles. The summed E-state index contributed by atoms with van der Waals surface area (Å²) >= 11 is 0. The van der Waals surface area contributed by atoms with E-state index in [9.17, 15) is 22.4 Å². The van der Waals surface area contributed by atoms with Gasteiger partial charge >= 0.3 is 0 Å². The molecule has 0 saturated heterocycles. The third-order valence-corrected chi connectivity index (χ3v) is 7.05. The minimum atomic E-state index is -3.83. The van der Waals surface area contributed by atoms with Gasteiger partial charge in [0.15, 0.2) is 0 Å². The summed E-state index contributed by atoms with van der Waals surface area (Å²) in [7, 11) is -3.83. The van der Waals surface area contributed by atoms with Gasteiger partial charge in [-0.25, -0.2) is 17.5 Å². The molecule has 3 N–H and O–H groups in total. The molecular formula is C23H28FN3O4S. The van der Waals surface area contributed by atoms with Gasteiger partial charge in [-0.2, -0.15) is 0 Å². The van der Waals surface area contributed by atoms with Gasteiger partial charge in [-0.1, -0.05) is 26.2 Å². The quantitative estimate of drug-likeness (QED) is 0.584. The van der Waals surface area contributed by atoms with Crippen LogP contribution in [-0.2, 0) is 10.0 Å². The predicted molar refractivity (Wildman–Crippen MR) is 121 cm³/mol. The average molecular weight is 462 g/mol. The maximum Gasteiger partial charge on any atom is 0.258 e. The van der Waals surface area contributed by atoms with Crippen molar-refractivity contribution in [2.45, 2.75) is 56.9 Å². The number of benzene rings is 2. The van der Waals surface area contributed by atoms with Gasteiger partial charge in [0.2, 0.25) is 10.0 Å². The molecule has 172 valence electrons. The fourth-order valence-electron chi connectivity index (χ4n) is 3.77. The number of halogens is 1. The van der Waals surface area contributed by atoms with Crippen molar-refractivity contribution < 1.29 is 22.4 Å². The van der Waals surface area contributed by atoms with E-state index < -0.39 is 21.7 Å². The molecule has 32 heavy (non-hydrogen) atoms. The molecule has 2 aromatic rings. The largest absolute Gasteiger partial charge is 0.349 e. The molecule has 0 bridgehead atoms. The number of anilines is 1. The lowest BCUT2D eigenvalue weighted by Gasteiger charge is -2.23. The SMILES string of the molecule is CCNS(=O)(=O)c1ccc(F)c(C(=O)Nc2ccc(C(=O)NC3CCCCC3)cc2C)c1. The maximum absolute atomic E-state index is 14.3. The van der Waals surface area contributed by atoms with Gasteiger partial charge in [-0.05, 0) is 61.7 Å². The van der Waals surface area contributed by atoms with E-state index in [0.717, 1.165) is 43.9 Å². The smallest absolute Gasteiger partial charge is 0.258 e. The topological polar surface area (TPSA) is 104 Å². The summed E-state index contributed by atoms with van der Waals surface area (Å²) in [4.78, 5) is 25.0. The molecule has 0 heterocycles. The van der Waals surface area contributed by atoms with Gasteiger partial charge in [0.05, 0.1) is 10.5 Å². The normalized spacial score (nSPS) is 14.7. The molecule has 7 nitrogen and oxygen atoms in total. The molecule has 0 spiro atoms. The van der Waals surface area contributed by atoms with E-state index in [4.69, 9.17) is 0 Å². The highest BCUT2D eigenvalue weighted by Gasteiger charge is 2.20. The number of hydrogen-bond acceptors (Lipinski definition) is 4. The van der Waals surface area contributed by atoms with Crippen LogP contribution in [0.3, 0.4) is 0 Å². The van der Waals surface area contributed by atoms with E-state index in [0.29, 0.717) is 16.8 Å². The molecule has 1 aliphatic carbocycles. The first-order valence-corrected chi connectivity index (χ1v) is 12.2. The van der Waals surface area contributed by atoms with Crippen molar-refractivity contribution >= 4 is 27.5 Å². The first-order valence-electron chi connectivity index (χ1n) is 10.7. The number of hydrogen-bond donors (Lipinski definition) is 3. The van der Waals surface area contributed by atoms with Crippen molar-refractivity contribution in [1.82, 2.24) is 10.0 Å². The molecule has 0 aromatic heterocycles. The summed E-state index contributed by atoms with van der Waals surface area (Å²) in [6.45, 7) is 3.52. The molecule has 3 rings (SSSR count). The lowest BCUT2D eigenvalue weighted by molar-refractivity contribution is 0.0927. The summed E-state index contributed by atoms with van der Waals surface area (Å²) in [6, 6.07) is 8.09. The number of rotatable bonds is 7. The summed E-state index contributed by atoms with van der Waals surface area (Å²) < 4.78 is 40.9. The second-order valence-electron chi connectivity index (χ2n) is 7.94. The van der Waals surface area contributed by atoms with Crippen LogP contribution >= 0.6 is 0 Å². The van der Waals surface area contributed by atoms with Crippen molar-refractivity contribution in [2.24, 2.45) is 0 Å². The van der Waals surface area contributed by atoms with E-state index in [1.165, 1.54) is 6.42 Å². The Morgan fingerprint density at radius 1 is 1.03 bits per heavy atom. The lowest BCUT2D eigenvalue weighted by atomic mass is 9.95. The van der Waals surface area contributed by atoms with Gasteiger partial charge in [-0.15, -0.1) is 0 Å². The molecule has 1 aliphatic rings. The Morgan fingerprint density at radius 2 is 1.75 bits per heavy atom. The molecule has 2 amide bonds. The zero-order chi connectivity index (χ0) is 23.3. The number of sulfonamides is 1. The fraction of sp³-hybridized carbons (Fsp3) is 0.391. The number of aryl methyl sites for hydroxylation is 1. The van der Waals surface area contributed by atoms with Crippen LogP contribution in [-0.4, -0.2) is 32.8 Å². The van der Waals surface area contributed by atoms with E-state index in [-0.39, 0.29) is 29.0 Å². The van der Waals surface area contributed by atoms with Crippen molar-refractivity contribution in [3.8, 4) is 0 Å². The van der Waals surface area contributed by atoms with Crippen LogP contribution in [0.25, 0.3) is 0 Å². The Labute approximate surface area is 187 Å². The minimum absolute atomic E-state index is 0.162. The first-order chi connectivity index (χ1) is 15.2. The van der Waals surface area contributed by atoms with Crippen molar-refractivity contribution in [3.05, 3.63) is 58.9 Å². The molecule has 0 aliphatic heterocycles. The molecular weight excluding hydrogens is 433 g/mol. The van der Waals surface area contributed by atoms with Crippen LogP contribution < -0.4 is 15.4 Å². The zero-order valence-corrected chi connectivity index (χ0v) is 19.0. The Balaban J connectivity index is 1.74. The molecule has 0 unspecified atom stereocenters. The van der Waals surface area contributed by atoms with Crippen LogP contribution in [0.1, 0.15) is 65.3 Å². The molecule has 0 atom stereocenters. The van der Waals surface area contributed by atoms with Crippen LogP contribution in [0.15, 0.2) is 41.3 Å². The standard InChI is InChI=1S/C23H28FN3O4S/c1-3-25-32(30,31)18-10-11-20(24)19(14-18)23(29)27-21-12-9-16(13-15(21)2)22(28)26-17-7-5-4-6-8-17/h9-14,17,25H,3-8H2,1-2H3,(H,26,28)(H,27,29). The Morgan fingerprint density at radius 3 is 2.41 bits per heavy atom. The number of carbonyl (C=O) groups excluding carboxylic acids is 2. The molecule has 1 fully saturated rings. The lowest BCUT2D eigenvalue weighted by Crippen LogP contribution is -2.36. The number of nitrogens with one attached hydrogen (secondary N) is 3. The van der Waals surface area contributed by atoms with Gasteiger partial charge in [-0.3, -0.25) is 9.59 Å². The van der Waals surface area contributed by atoms with Gasteiger partial charge in [0.1, 0.15) is 5.82 Å². The molecule has 2 aromatic carbocycles. The summed E-state index contributed by atoms with van der Waals surface area (Å²) in [6.07, 6.45) is 5.38. The third-order valence-electron chi connectivity index (χ3n) is 5.50. The highest BCUT2D eigenvalue weighted by molar-refractivity contribution is 7.89. The first kappa shape index (κ1) is 23.9. The van der Waals surface area contributed by atoms with Crippen LogP contribution in [0.5, 0.6) is 0 Å². The second kappa shape index (κ2) is 10.2. The Hall–Kier alpha value is -2.78. The van der Waals surface area contributed by atoms with Gasteiger partial charge in [0, 0.05) is 23.8 Å². The fourth-order valence-corrected chi connectivity index (χ4v) is 4.84. The summed E-state index contributed by atoms with van der Waals surface area (Å²) in [5, 5.41) is 5.65. The maximum atomic E-state index is 14.3. The monoisotopic (exact) mass is 461 g/mol. The van der Waals surface area contributed by atoms with E-state index in [2.05, 4.69) is 15.4 Å². The van der Waals surface area contributed by atoms with Gasteiger partial charge in [0.25, 0.3) is 11.8 Å². The molecule has 9 heteroatoms. The van der Waals surface area contributed by atoms with E-state index >= 15 is 0 Å². The van der Waals surface area contributed by atoms with Crippen molar-refractivity contribution in [2.75, 3.05) is 11.9 Å². The number of carbonyl (C=O) groups is 2. The average Bonchev–Trinajstić information content (AvgIpc) is 2.75. The van der Waals surface area contributed by atoms with Crippen molar-refractivity contribution in [1.29, 1.82) is 0 Å². The van der Waals surface area contributed by atoms with Crippen LogP contribution in [0.4, 0.5) is 10.1 Å². The second-order valence-corrected chi connectivity index (χ2v) is 9.70.